The topological polar surface area (TPSA) is 56.8 Å². The number of hydrogen-bond acceptors (Lipinski definition) is 4. The van der Waals surface area contributed by atoms with Crippen LogP contribution in [0.3, 0.4) is 0 Å². The predicted molar refractivity (Wildman–Crippen MR) is 96.6 cm³/mol. The van der Waals surface area contributed by atoms with Crippen molar-refractivity contribution in [1.82, 2.24) is 0 Å². The lowest BCUT2D eigenvalue weighted by Crippen LogP contribution is -2.16. The minimum Gasteiger partial charge on any atom is -0.497 e. The second kappa shape index (κ2) is 8.42. The summed E-state index contributed by atoms with van der Waals surface area (Å²) < 4.78 is 16.1. The van der Waals surface area contributed by atoms with Crippen molar-refractivity contribution in [2.24, 2.45) is 0 Å². The minimum absolute atomic E-state index is 0.0198. The highest BCUT2D eigenvalue weighted by Crippen LogP contribution is 2.32. The van der Waals surface area contributed by atoms with Gasteiger partial charge in [-0.05, 0) is 49.1 Å². The first-order chi connectivity index (χ1) is 12.2. The Hall–Kier alpha value is -2.69. The van der Waals surface area contributed by atoms with E-state index >= 15 is 0 Å². The highest BCUT2D eigenvalue weighted by Gasteiger charge is 2.12. The van der Waals surface area contributed by atoms with E-state index in [0.717, 1.165) is 36.4 Å². The summed E-state index contributed by atoms with van der Waals surface area (Å²) >= 11 is 0. The van der Waals surface area contributed by atoms with Gasteiger partial charge in [0.05, 0.1) is 7.11 Å². The Bertz CT molecular complexity index is 712. The molecule has 0 unspecified atom stereocenters. The van der Waals surface area contributed by atoms with E-state index in [4.69, 9.17) is 14.2 Å². The lowest BCUT2D eigenvalue weighted by atomic mass is 10.1. The largest absolute Gasteiger partial charge is 0.497 e. The average Bonchev–Trinajstić information content (AvgIpc) is 2.65. The molecule has 0 bridgehead atoms. The van der Waals surface area contributed by atoms with Crippen LogP contribution < -0.4 is 19.5 Å². The molecule has 0 spiro atoms. The molecule has 1 N–H and O–H groups in total. The molecular formula is C20H23NO4. The second-order valence-electron chi connectivity index (χ2n) is 5.96. The van der Waals surface area contributed by atoms with Crippen LogP contribution in [0.1, 0.15) is 24.8 Å². The zero-order valence-corrected chi connectivity index (χ0v) is 14.4. The third-order valence-corrected chi connectivity index (χ3v) is 4.10. The van der Waals surface area contributed by atoms with Crippen LogP contribution in [-0.2, 0) is 11.2 Å². The molecule has 1 aliphatic rings. The van der Waals surface area contributed by atoms with Crippen LogP contribution in [0.2, 0.25) is 0 Å². The smallest absolute Gasteiger partial charge is 0.224 e. The quantitative estimate of drug-likeness (QED) is 0.778. The maximum absolute atomic E-state index is 12.1. The zero-order valence-electron chi connectivity index (χ0n) is 14.4. The molecule has 0 aliphatic carbocycles. The Balaban J connectivity index is 1.40. The summed E-state index contributed by atoms with van der Waals surface area (Å²) in [5.41, 5.74) is 2.00. The molecule has 0 fully saturated rings. The normalized spacial score (nSPS) is 12.5. The van der Waals surface area contributed by atoms with Crippen LogP contribution in [0.25, 0.3) is 0 Å². The number of methoxy groups -OCH3 is 1. The van der Waals surface area contributed by atoms with E-state index in [1.807, 2.05) is 30.3 Å². The van der Waals surface area contributed by atoms with Gasteiger partial charge >= 0.3 is 0 Å². The fourth-order valence-corrected chi connectivity index (χ4v) is 2.75. The van der Waals surface area contributed by atoms with Gasteiger partial charge in [-0.3, -0.25) is 4.79 Å². The second-order valence-corrected chi connectivity index (χ2v) is 5.96. The minimum atomic E-state index is 0.0198. The van der Waals surface area contributed by atoms with Crippen molar-refractivity contribution in [1.29, 1.82) is 0 Å². The fourth-order valence-electron chi connectivity index (χ4n) is 2.75. The van der Waals surface area contributed by atoms with Gasteiger partial charge in [-0.1, -0.05) is 12.1 Å². The number of rotatable bonds is 7. The van der Waals surface area contributed by atoms with Crippen molar-refractivity contribution in [3.8, 4) is 17.2 Å². The van der Waals surface area contributed by atoms with E-state index < -0.39 is 0 Å². The van der Waals surface area contributed by atoms with Crippen LogP contribution in [0.4, 0.5) is 5.69 Å². The SMILES string of the molecule is COc1ccc(CCCCC(=O)Nc2ccc3c(c2)OCCO3)cc1. The molecule has 5 heteroatoms. The number of unbranched alkanes of at least 4 members (excludes halogenated alkanes) is 1. The molecule has 25 heavy (non-hydrogen) atoms. The number of anilines is 1. The maximum Gasteiger partial charge on any atom is 0.224 e. The Kier molecular flexibility index (Phi) is 5.77. The predicted octanol–water partition coefficient (Wildman–Crippen LogP) is 3.82. The number of carbonyl (C=O) groups excluding carboxylic acids is 1. The average molecular weight is 341 g/mol. The van der Waals surface area contributed by atoms with Crippen molar-refractivity contribution in [3.05, 3.63) is 48.0 Å². The number of aryl methyl sites for hydroxylation is 1. The highest BCUT2D eigenvalue weighted by atomic mass is 16.6. The van der Waals surface area contributed by atoms with Crippen molar-refractivity contribution >= 4 is 11.6 Å². The maximum atomic E-state index is 12.1. The van der Waals surface area contributed by atoms with Gasteiger partial charge in [0.1, 0.15) is 19.0 Å². The lowest BCUT2D eigenvalue weighted by Gasteiger charge is -2.19. The van der Waals surface area contributed by atoms with Gasteiger partial charge in [-0.25, -0.2) is 0 Å². The molecule has 0 radical (unpaired) electrons. The van der Waals surface area contributed by atoms with Gasteiger partial charge in [-0.2, -0.15) is 0 Å². The van der Waals surface area contributed by atoms with E-state index in [9.17, 15) is 4.79 Å². The summed E-state index contributed by atoms with van der Waals surface area (Å²) in [4.78, 5) is 12.1. The van der Waals surface area contributed by atoms with Crippen molar-refractivity contribution in [2.75, 3.05) is 25.6 Å². The van der Waals surface area contributed by atoms with Crippen LogP contribution in [-0.4, -0.2) is 26.2 Å². The highest BCUT2D eigenvalue weighted by molar-refractivity contribution is 5.91. The standard InChI is InChI=1S/C20H23NO4/c1-23-17-9-6-15(7-10-17)4-2-3-5-20(22)21-16-8-11-18-19(14-16)25-13-12-24-18/h6-11,14H,2-5,12-13H2,1H3,(H,21,22). The van der Waals surface area contributed by atoms with E-state index in [1.54, 1.807) is 7.11 Å². The number of nitrogens with one attached hydrogen (secondary N) is 1. The molecule has 1 amide bonds. The molecule has 0 saturated carbocycles. The molecular weight excluding hydrogens is 318 g/mol. The first kappa shape index (κ1) is 17.1. The fraction of sp³-hybridized carbons (Fsp3) is 0.350. The lowest BCUT2D eigenvalue weighted by molar-refractivity contribution is -0.116. The monoisotopic (exact) mass is 341 g/mol. The summed E-state index contributed by atoms with van der Waals surface area (Å²) in [7, 11) is 1.66. The summed E-state index contributed by atoms with van der Waals surface area (Å²) in [5.74, 6) is 2.29. The van der Waals surface area contributed by atoms with Gasteiger partial charge < -0.3 is 19.5 Å². The number of benzene rings is 2. The molecule has 1 aliphatic heterocycles. The van der Waals surface area contributed by atoms with Crippen molar-refractivity contribution in [3.63, 3.8) is 0 Å². The number of fused-ring (bicyclic) bond motifs is 1. The summed E-state index contributed by atoms with van der Waals surface area (Å²) in [6.07, 6.45) is 3.29. The molecule has 2 aromatic carbocycles. The molecule has 0 aromatic heterocycles. The van der Waals surface area contributed by atoms with Gasteiger partial charge in [-0.15, -0.1) is 0 Å². The number of hydrogen-bond donors (Lipinski definition) is 1. The first-order valence-corrected chi connectivity index (χ1v) is 8.57. The number of amides is 1. The van der Waals surface area contributed by atoms with Crippen LogP contribution in [0.15, 0.2) is 42.5 Å². The van der Waals surface area contributed by atoms with Crippen LogP contribution in [0.5, 0.6) is 17.2 Å². The summed E-state index contributed by atoms with van der Waals surface area (Å²) in [6.45, 7) is 1.10. The summed E-state index contributed by atoms with van der Waals surface area (Å²) in [6, 6.07) is 13.5. The summed E-state index contributed by atoms with van der Waals surface area (Å²) in [5, 5.41) is 2.91. The molecule has 5 nitrogen and oxygen atoms in total. The molecule has 1 heterocycles. The number of carbonyl (C=O) groups is 1. The zero-order chi connectivity index (χ0) is 17.5. The van der Waals surface area contributed by atoms with Crippen molar-refractivity contribution in [2.45, 2.75) is 25.7 Å². The Morgan fingerprint density at radius 3 is 2.56 bits per heavy atom. The van der Waals surface area contributed by atoms with Gasteiger partial charge in [0.15, 0.2) is 11.5 Å². The van der Waals surface area contributed by atoms with E-state index in [1.165, 1.54) is 5.56 Å². The van der Waals surface area contributed by atoms with Gasteiger partial charge in [0.2, 0.25) is 5.91 Å². The third kappa shape index (κ3) is 4.89. The van der Waals surface area contributed by atoms with E-state index in [2.05, 4.69) is 17.4 Å². The van der Waals surface area contributed by atoms with Gasteiger partial charge in [0.25, 0.3) is 0 Å². The van der Waals surface area contributed by atoms with Gasteiger partial charge in [0, 0.05) is 18.2 Å². The van der Waals surface area contributed by atoms with Crippen molar-refractivity contribution < 1.29 is 19.0 Å². The molecule has 132 valence electrons. The molecule has 2 aromatic rings. The Morgan fingerprint density at radius 1 is 1.04 bits per heavy atom. The van der Waals surface area contributed by atoms with Crippen LogP contribution >= 0.6 is 0 Å². The van der Waals surface area contributed by atoms with E-state index in [0.29, 0.717) is 25.4 Å². The third-order valence-electron chi connectivity index (χ3n) is 4.10. The van der Waals surface area contributed by atoms with Crippen LogP contribution in [0, 0.1) is 0 Å². The Labute approximate surface area is 147 Å². The number of ether oxygens (including phenoxy) is 3. The molecule has 0 atom stereocenters. The molecule has 0 saturated heterocycles. The van der Waals surface area contributed by atoms with E-state index in [-0.39, 0.29) is 5.91 Å². The molecule has 3 rings (SSSR count). The Morgan fingerprint density at radius 2 is 1.80 bits per heavy atom. The first-order valence-electron chi connectivity index (χ1n) is 8.57.